The molecule has 0 heterocycles. The van der Waals surface area contributed by atoms with Gasteiger partial charge in [-0.2, -0.15) is 0 Å². The highest BCUT2D eigenvalue weighted by Crippen LogP contribution is 2.21. The molecule has 0 aromatic rings. The Balaban J connectivity index is 0. The van der Waals surface area contributed by atoms with Crippen LogP contribution in [-0.4, -0.2) is 30.7 Å². The van der Waals surface area contributed by atoms with Crippen LogP contribution in [0, 0.1) is 0 Å². The zero-order valence-electron chi connectivity index (χ0n) is 34.5. The van der Waals surface area contributed by atoms with Crippen LogP contribution in [0.1, 0.15) is 272 Å². The van der Waals surface area contributed by atoms with Crippen molar-refractivity contribution in [2.24, 2.45) is 0 Å². The van der Waals surface area contributed by atoms with E-state index in [1.165, 1.54) is 275 Å². The molecular weight excluding hydrogens is 693 g/mol. The maximum Gasteiger partial charge on any atom is 0.0786 e. The Kier molecular flexibility index (Phi) is 46.4. The summed E-state index contributed by atoms with van der Waals surface area (Å²) >= 11 is 0. The summed E-state index contributed by atoms with van der Waals surface area (Å²) < 4.78 is 1.48. The summed E-state index contributed by atoms with van der Waals surface area (Å²) in [5.41, 5.74) is 0. The molecular formula is C46H96IN. The minimum atomic E-state index is 0. The van der Waals surface area contributed by atoms with E-state index < -0.39 is 0 Å². The number of unbranched alkanes of at least 4 members (excludes halogenated alkanes) is 34. The predicted molar refractivity (Wildman–Crippen MR) is 218 cm³/mol. The first kappa shape index (κ1) is 50.8. The third kappa shape index (κ3) is 37.9. The maximum absolute atomic E-state index is 2.36. The lowest BCUT2D eigenvalue weighted by atomic mass is 10.0. The van der Waals surface area contributed by atoms with Crippen molar-refractivity contribution in [3.8, 4) is 0 Å². The molecule has 0 aromatic carbocycles. The molecule has 292 valence electrons. The van der Waals surface area contributed by atoms with E-state index in [9.17, 15) is 0 Å². The molecule has 0 saturated heterocycles. The summed E-state index contributed by atoms with van der Waals surface area (Å²) in [6, 6.07) is 0. The van der Waals surface area contributed by atoms with Crippen molar-refractivity contribution < 1.29 is 28.5 Å². The Bertz CT molecular complexity index is 500. The summed E-state index contributed by atoms with van der Waals surface area (Å²) in [5, 5.41) is 0. The van der Waals surface area contributed by atoms with Gasteiger partial charge in [-0.3, -0.25) is 0 Å². The SMILES string of the molecule is CCCCCCCCCCCCCCCC[N+](CCCCCCC)(CCCCCCC)CCCCCCCCCCCCCCCC.[I-]. The van der Waals surface area contributed by atoms with E-state index in [1.807, 2.05) is 0 Å². The van der Waals surface area contributed by atoms with Gasteiger partial charge in [-0.1, -0.05) is 220 Å². The predicted octanol–water partition coefficient (Wildman–Crippen LogP) is 13.7. The van der Waals surface area contributed by atoms with E-state index in [2.05, 4.69) is 27.7 Å². The van der Waals surface area contributed by atoms with Gasteiger partial charge in [0.15, 0.2) is 0 Å². The smallest absolute Gasteiger partial charge is 0.0786 e. The molecule has 48 heavy (non-hydrogen) atoms. The van der Waals surface area contributed by atoms with Gasteiger partial charge in [-0.05, 0) is 51.4 Å². The molecule has 0 aliphatic heterocycles. The largest absolute Gasteiger partial charge is 1.00 e. The van der Waals surface area contributed by atoms with Gasteiger partial charge in [-0.15, -0.1) is 0 Å². The molecule has 0 aromatic heterocycles. The van der Waals surface area contributed by atoms with E-state index in [-0.39, 0.29) is 24.0 Å². The van der Waals surface area contributed by atoms with Gasteiger partial charge < -0.3 is 28.5 Å². The topological polar surface area (TPSA) is 0 Å². The van der Waals surface area contributed by atoms with Crippen LogP contribution in [0.2, 0.25) is 0 Å². The van der Waals surface area contributed by atoms with Crippen LogP contribution in [0.4, 0.5) is 0 Å². The van der Waals surface area contributed by atoms with Gasteiger partial charge >= 0.3 is 0 Å². The number of nitrogens with zero attached hydrogens (tertiary/aromatic N) is 1. The highest BCUT2D eigenvalue weighted by atomic mass is 127. The molecule has 0 rings (SSSR count). The quantitative estimate of drug-likeness (QED) is 0.0328. The van der Waals surface area contributed by atoms with Crippen LogP contribution in [0.25, 0.3) is 0 Å². The van der Waals surface area contributed by atoms with Crippen molar-refractivity contribution >= 4 is 0 Å². The minimum Gasteiger partial charge on any atom is -1.00 e. The van der Waals surface area contributed by atoms with E-state index >= 15 is 0 Å². The highest BCUT2D eigenvalue weighted by molar-refractivity contribution is 4.56. The first-order valence-electron chi connectivity index (χ1n) is 23.1. The van der Waals surface area contributed by atoms with Gasteiger partial charge in [0, 0.05) is 0 Å². The maximum atomic E-state index is 2.36. The average Bonchev–Trinajstić information content (AvgIpc) is 3.08. The average molecular weight is 790 g/mol. The fraction of sp³-hybridized carbons (Fsp3) is 1.00. The minimum absolute atomic E-state index is 0. The van der Waals surface area contributed by atoms with E-state index in [1.54, 1.807) is 0 Å². The second kappa shape index (κ2) is 43.9. The molecule has 0 amide bonds. The Morgan fingerprint density at radius 1 is 0.188 bits per heavy atom. The van der Waals surface area contributed by atoms with Gasteiger partial charge in [0.05, 0.1) is 26.2 Å². The first-order valence-corrected chi connectivity index (χ1v) is 23.1. The number of rotatable bonds is 42. The van der Waals surface area contributed by atoms with Crippen molar-refractivity contribution in [2.75, 3.05) is 26.2 Å². The molecule has 0 saturated carbocycles. The van der Waals surface area contributed by atoms with Crippen LogP contribution in [0.3, 0.4) is 0 Å². The second-order valence-corrected chi connectivity index (χ2v) is 16.3. The van der Waals surface area contributed by atoms with E-state index in [4.69, 9.17) is 0 Å². The Hall–Kier alpha value is 0.690. The van der Waals surface area contributed by atoms with Crippen LogP contribution < -0.4 is 24.0 Å². The molecule has 0 radical (unpaired) electrons. The van der Waals surface area contributed by atoms with E-state index in [0.717, 1.165) is 0 Å². The third-order valence-corrected chi connectivity index (χ3v) is 11.4. The third-order valence-electron chi connectivity index (χ3n) is 11.4. The molecule has 0 spiro atoms. The summed E-state index contributed by atoms with van der Waals surface area (Å²) in [4.78, 5) is 0. The Morgan fingerprint density at radius 2 is 0.312 bits per heavy atom. The summed E-state index contributed by atoms with van der Waals surface area (Å²) in [6.07, 6.45) is 55.7. The lowest BCUT2D eigenvalue weighted by Crippen LogP contribution is -3.00. The first-order chi connectivity index (χ1) is 23.2. The van der Waals surface area contributed by atoms with Crippen molar-refractivity contribution in [1.82, 2.24) is 0 Å². The molecule has 0 unspecified atom stereocenters. The molecule has 2 heteroatoms. The molecule has 0 aliphatic carbocycles. The molecule has 1 nitrogen and oxygen atoms in total. The zero-order chi connectivity index (χ0) is 34.2. The van der Waals surface area contributed by atoms with Gasteiger partial charge in [0.25, 0.3) is 0 Å². The van der Waals surface area contributed by atoms with Crippen LogP contribution in [0.15, 0.2) is 0 Å². The lowest BCUT2D eigenvalue weighted by Gasteiger charge is -2.40. The highest BCUT2D eigenvalue weighted by Gasteiger charge is 2.25. The number of hydrogen-bond acceptors (Lipinski definition) is 0. The standard InChI is InChI=1S/C46H96N.HI/c1-5-9-13-17-19-21-23-25-27-29-31-33-37-41-45-47(43-39-35-15-11-7-3,44-40-36-16-12-8-4)46-42-38-34-32-30-28-26-24-22-20-18-14-10-6-2;/h5-46H2,1-4H3;1H/q+1;/p-1. The normalized spacial score (nSPS) is 11.8. The van der Waals surface area contributed by atoms with Crippen molar-refractivity contribution in [3.05, 3.63) is 0 Å². The van der Waals surface area contributed by atoms with Crippen LogP contribution in [-0.2, 0) is 0 Å². The fourth-order valence-corrected chi connectivity index (χ4v) is 8.06. The lowest BCUT2D eigenvalue weighted by molar-refractivity contribution is -0.929. The van der Waals surface area contributed by atoms with Crippen LogP contribution >= 0.6 is 0 Å². The Morgan fingerprint density at radius 3 is 0.458 bits per heavy atom. The number of quaternary nitrogens is 1. The van der Waals surface area contributed by atoms with Gasteiger partial charge in [0.1, 0.15) is 0 Å². The number of halogens is 1. The molecule has 0 bridgehead atoms. The van der Waals surface area contributed by atoms with Crippen molar-refractivity contribution in [2.45, 2.75) is 272 Å². The summed E-state index contributed by atoms with van der Waals surface area (Å²) in [6.45, 7) is 15.3. The second-order valence-electron chi connectivity index (χ2n) is 16.3. The number of hydrogen-bond donors (Lipinski definition) is 0. The molecule has 0 fully saturated rings. The molecule has 0 atom stereocenters. The molecule has 0 aliphatic rings. The van der Waals surface area contributed by atoms with E-state index in [0.29, 0.717) is 0 Å². The van der Waals surface area contributed by atoms with Crippen LogP contribution in [0.5, 0.6) is 0 Å². The Labute approximate surface area is 324 Å². The van der Waals surface area contributed by atoms with Crippen molar-refractivity contribution in [3.63, 3.8) is 0 Å². The fourth-order valence-electron chi connectivity index (χ4n) is 8.06. The van der Waals surface area contributed by atoms with Crippen molar-refractivity contribution in [1.29, 1.82) is 0 Å². The van der Waals surface area contributed by atoms with Gasteiger partial charge in [-0.25, -0.2) is 0 Å². The summed E-state index contributed by atoms with van der Waals surface area (Å²) in [5.74, 6) is 0. The molecule has 0 N–H and O–H groups in total. The summed E-state index contributed by atoms with van der Waals surface area (Å²) in [7, 11) is 0. The zero-order valence-corrected chi connectivity index (χ0v) is 36.7. The van der Waals surface area contributed by atoms with Gasteiger partial charge in [0.2, 0.25) is 0 Å². The monoisotopic (exact) mass is 790 g/mol.